The smallest absolute Gasteiger partial charge is 0.305 e. The van der Waals surface area contributed by atoms with Crippen LogP contribution in [0.1, 0.15) is 27.5 Å². The number of imide groups is 1. The van der Waals surface area contributed by atoms with Gasteiger partial charge in [0.05, 0.1) is 21.6 Å². The van der Waals surface area contributed by atoms with Gasteiger partial charge in [-0.1, -0.05) is 68.9 Å². The lowest BCUT2D eigenvalue weighted by molar-refractivity contribution is -0.384. The average Bonchev–Trinajstić information content (AvgIpc) is 3.42. The fraction of sp³-hybridized carbons (Fsp3) is 0.179. The number of carbonyl (C=O) groups is 2. The molecule has 1 fully saturated rings. The molecule has 202 valence electrons. The Morgan fingerprint density at radius 3 is 2.55 bits per heavy atom. The highest BCUT2D eigenvalue weighted by molar-refractivity contribution is 9.10. The van der Waals surface area contributed by atoms with E-state index < -0.39 is 33.8 Å². The molecule has 1 saturated heterocycles. The maximum absolute atomic E-state index is 14.0. The van der Waals surface area contributed by atoms with Crippen LogP contribution in [0.5, 0.6) is 5.75 Å². The summed E-state index contributed by atoms with van der Waals surface area (Å²) in [5.74, 6) is -1.77. The Hall–Kier alpha value is -3.74. The molecule has 0 saturated carbocycles. The van der Waals surface area contributed by atoms with Gasteiger partial charge in [0.1, 0.15) is 17.6 Å². The lowest BCUT2D eigenvalue weighted by Crippen LogP contribution is -2.32. The molecular weight excluding hydrogens is 618 g/mol. The summed E-state index contributed by atoms with van der Waals surface area (Å²) in [6.07, 6.45) is 0. The summed E-state index contributed by atoms with van der Waals surface area (Å²) in [6, 6.07) is 18.8. The molecular formula is C28H20BrN3O6S2. The van der Waals surface area contributed by atoms with Gasteiger partial charge in [0.15, 0.2) is 0 Å². The molecule has 0 radical (unpaired) electrons. The van der Waals surface area contributed by atoms with Crippen LogP contribution >= 0.6 is 39.0 Å². The predicted octanol–water partition coefficient (Wildman–Crippen LogP) is 5.79. The van der Waals surface area contributed by atoms with Gasteiger partial charge < -0.3 is 9.72 Å². The Bertz CT molecular complexity index is 1730. The topological polar surface area (TPSA) is 123 Å². The number of benzene rings is 3. The predicted molar refractivity (Wildman–Crippen MR) is 155 cm³/mol. The van der Waals surface area contributed by atoms with E-state index in [-0.39, 0.29) is 16.2 Å². The van der Waals surface area contributed by atoms with E-state index in [1.165, 1.54) is 36.0 Å². The summed E-state index contributed by atoms with van der Waals surface area (Å²) in [5.41, 5.74) is 2.88. The van der Waals surface area contributed by atoms with Crippen molar-refractivity contribution in [3.63, 3.8) is 0 Å². The normalized spacial score (nSPS) is 19.9. The van der Waals surface area contributed by atoms with Gasteiger partial charge in [-0.3, -0.25) is 24.5 Å². The first-order valence-electron chi connectivity index (χ1n) is 12.2. The molecule has 2 amide bonds. The van der Waals surface area contributed by atoms with Crippen LogP contribution in [-0.4, -0.2) is 27.0 Å². The van der Waals surface area contributed by atoms with Crippen LogP contribution in [0.3, 0.4) is 0 Å². The van der Waals surface area contributed by atoms with Crippen LogP contribution in [0.25, 0.3) is 0 Å². The first-order valence-corrected chi connectivity index (χ1v) is 14.7. The molecule has 12 heteroatoms. The summed E-state index contributed by atoms with van der Waals surface area (Å²) in [6.45, 7) is 2.30. The lowest BCUT2D eigenvalue weighted by atomic mass is 9.82. The number of fused-ring (bicyclic) bond motifs is 2. The van der Waals surface area contributed by atoms with Gasteiger partial charge in [-0.05, 0) is 42.8 Å². The summed E-state index contributed by atoms with van der Waals surface area (Å²) >= 11 is 5.72. The minimum absolute atomic E-state index is 0.142. The molecule has 3 aromatic carbocycles. The Kier molecular flexibility index (Phi) is 6.85. The van der Waals surface area contributed by atoms with E-state index >= 15 is 0 Å². The number of aromatic nitrogens is 1. The zero-order chi connectivity index (χ0) is 28.1. The first-order chi connectivity index (χ1) is 19.2. The van der Waals surface area contributed by atoms with E-state index in [1.807, 2.05) is 49.4 Å². The molecule has 0 bridgehead atoms. The quantitative estimate of drug-likeness (QED) is 0.161. The van der Waals surface area contributed by atoms with Crippen LogP contribution in [-0.2, 0) is 16.2 Å². The van der Waals surface area contributed by atoms with Crippen LogP contribution < -0.4 is 14.5 Å². The van der Waals surface area contributed by atoms with Crippen LogP contribution in [0.2, 0.25) is 0 Å². The number of nitro groups is 1. The molecule has 6 rings (SSSR count). The average molecular weight is 639 g/mol. The minimum atomic E-state index is -0.817. The molecule has 9 nitrogen and oxygen atoms in total. The summed E-state index contributed by atoms with van der Waals surface area (Å²) in [5, 5.41) is 10.9. The van der Waals surface area contributed by atoms with Crippen molar-refractivity contribution in [2.75, 3.05) is 4.90 Å². The number of hydrogen-bond donors (Lipinski definition) is 1. The molecule has 1 N–H and O–H groups in total. The van der Waals surface area contributed by atoms with Gasteiger partial charge in [0, 0.05) is 33.0 Å². The van der Waals surface area contributed by atoms with Crippen molar-refractivity contribution in [1.29, 1.82) is 0 Å². The number of hydrogen-bond acceptors (Lipinski definition) is 8. The highest BCUT2D eigenvalue weighted by Gasteiger charge is 2.56. The summed E-state index contributed by atoms with van der Waals surface area (Å²) in [4.78, 5) is 55.0. The first kappa shape index (κ1) is 26.5. The number of rotatable bonds is 6. The maximum Gasteiger partial charge on any atom is 0.305 e. The standard InChI is InChI=1S/C28H20BrN3O6S2/c1-14-3-2-4-15(11-14)13-38-20-10-5-16(29)12-19(20)21-22-24(39-25-23(21)40-28(35)30-25)27(34)31(26(22)33)17-6-8-18(9-7-17)32(36)37/h2-12,21-22,24H,13H2,1H3,(H,30,35)/t21-,22-,24+/m0/s1. The van der Waals surface area contributed by atoms with E-state index in [2.05, 4.69) is 20.9 Å². The van der Waals surface area contributed by atoms with Crippen LogP contribution in [0.4, 0.5) is 11.4 Å². The molecule has 3 heterocycles. The van der Waals surface area contributed by atoms with Crippen molar-refractivity contribution >= 4 is 62.2 Å². The number of carbonyl (C=O) groups excluding carboxylic acids is 2. The van der Waals surface area contributed by atoms with E-state index in [9.17, 15) is 24.5 Å². The van der Waals surface area contributed by atoms with E-state index in [0.29, 0.717) is 27.8 Å². The van der Waals surface area contributed by atoms with E-state index in [1.54, 1.807) is 0 Å². The molecule has 0 unspecified atom stereocenters. The molecule has 4 aromatic rings. The number of non-ortho nitro benzene ring substituents is 1. The largest absolute Gasteiger partial charge is 0.489 e. The molecule has 40 heavy (non-hydrogen) atoms. The van der Waals surface area contributed by atoms with Gasteiger partial charge in [-0.25, -0.2) is 4.90 Å². The van der Waals surface area contributed by atoms with Gasteiger partial charge in [0.25, 0.3) is 5.69 Å². The number of ether oxygens (including phenoxy) is 1. The van der Waals surface area contributed by atoms with Gasteiger partial charge >= 0.3 is 4.87 Å². The van der Waals surface area contributed by atoms with Crippen LogP contribution in [0, 0.1) is 23.0 Å². The number of aromatic amines is 1. The summed E-state index contributed by atoms with van der Waals surface area (Å²) < 4.78 is 7.04. The van der Waals surface area contributed by atoms with E-state index in [0.717, 1.165) is 31.8 Å². The lowest BCUT2D eigenvalue weighted by Gasteiger charge is -2.31. The Labute approximate surface area is 244 Å². The van der Waals surface area contributed by atoms with Gasteiger partial charge in [-0.2, -0.15) is 0 Å². The zero-order valence-electron chi connectivity index (χ0n) is 20.8. The second kappa shape index (κ2) is 10.3. The maximum atomic E-state index is 14.0. The second-order valence-electron chi connectivity index (χ2n) is 9.50. The molecule has 2 aliphatic heterocycles. The third kappa shape index (κ3) is 4.65. The SMILES string of the molecule is Cc1cccc(COc2ccc(Br)cc2[C@@H]2c3sc(=O)[nH]c3S[C@H]3C(=O)N(c4ccc([N+](=O)[O-])cc4)C(=O)[C@@H]23)c1. The number of halogens is 1. The summed E-state index contributed by atoms with van der Waals surface area (Å²) in [7, 11) is 0. The van der Waals surface area contributed by atoms with Crippen molar-refractivity contribution in [3.8, 4) is 5.75 Å². The third-order valence-corrected chi connectivity index (χ3v) is 9.82. The number of nitrogens with zero attached hydrogens (tertiary/aromatic N) is 2. The highest BCUT2D eigenvalue weighted by Crippen LogP contribution is 2.54. The Morgan fingerprint density at radius 1 is 1.05 bits per heavy atom. The number of amides is 2. The van der Waals surface area contributed by atoms with Crippen molar-refractivity contribution in [1.82, 2.24) is 4.98 Å². The number of H-pyrrole nitrogens is 1. The third-order valence-electron chi connectivity index (χ3n) is 6.93. The van der Waals surface area contributed by atoms with Gasteiger partial charge in [0.2, 0.25) is 11.8 Å². The molecule has 2 aliphatic rings. The number of thioether (sulfide) groups is 1. The number of anilines is 1. The molecule has 0 aliphatic carbocycles. The fourth-order valence-electron chi connectivity index (χ4n) is 5.19. The van der Waals surface area contributed by atoms with Crippen molar-refractivity contribution in [2.24, 2.45) is 5.92 Å². The Morgan fingerprint density at radius 2 is 1.82 bits per heavy atom. The molecule has 3 atom stereocenters. The van der Waals surface area contributed by atoms with Crippen molar-refractivity contribution in [3.05, 3.63) is 113 Å². The molecule has 0 spiro atoms. The monoisotopic (exact) mass is 637 g/mol. The highest BCUT2D eigenvalue weighted by atomic mass is 79.9. The fourth-order valence-corrected chi connectivity index (χ4v) is 8.07. The number of aryl methyl sites for hydroxylation is 1. The number of nitrogens with one attached hydrogen (secondary N) is 1. The number of thiazole rings is 1. The molecule has 1 aromatic heterocycles. The van der Waals surface area contributed by atoms with Crippen molar-refractivity contribution < 1.29 is 19.2 Å². The zero-order valence-corrected chi connectivity index (χ0v) is 24.0. The van der Waals surface area contributed by atoms with Gasteiger partial charge in [-0.15, -0.1) is 0 Å². The van der Waals surface area contributed by atoms with Crippen LogP contribution in [0.15, 0.2) is 81.0 Å². The minimum Gasteiger partial charge on any atom is -0.489 e. The Balaban J connectivity index is 1.43. The second-order valence-corrected chi connectivity index (χ2v) is 12.6. The van der Waals surface area contributed by atoms with Crippen molar-refractivity contribution in [2.45, 2.75) is 29.7 Å². The van der Waals surface area contributed by atoms with E-state index in [4.69, 9.17) is 4.74 Å². The number of nitro benzene ring substituents is 1.